The zero-order valence-corrected chi connectivity index (χ0v) is 20.9. The molecule has 0 spiro atoms. The van der Waals surface area contributed by atoms with Crippen LogP contribution in [0.3, 0.4) is 0 Å². The van der Waals surface area contributed by atoms with Gasteiger partial charge in [0.1, 0.15) is 45.7 Å². The Morgan fingerprint density at radius 2 is 2.14 bits per heavy atom. The highest BCUT2D eigenvalue weighted by Gasteiger charge is 2.29. The number of thiazole rings is 1. The summed E-state index contributed by atoms with van der Waals surface area (Å²) in [5, 5.41) is 15.4. The molecule has 2 aromatic heterocycles. The number of nitrogens with one attached hydrogen (secondary N) is 2. The zero-order chi connectivity index (χ0) is 25.4. The summed E-state index contributed by atoms with van der Waals surface area (Å²) in [5.74, 6) is 0.663. The lowest BCUT2D eigenvalue weighted by molar-refractivity contribution is -0.121. The van der Waals surface area contributed by atoms with Crippen molar-refractivity contribution >= 4 is 46.6 Å². The molecule has 2 aromatic rings. The number of ether oxygens (including phenoxy) is 3. The second-order valence-electron chi connectivity index (χ2n) is 8.12. The number of carbonyl (C=O) groups excluding carboxylic acids is 1. The minimum absolute atomic E-state index is 0.118. The van der Waals surface area contributed by atoms with Gasteiger partial charge in [-0.15, -0.1) is 11.3 Å². The Labute approximate surface area is 206 Å². The smallest absolute Gasteiger partial charge is 0.270 e. The van der Waals surface area contributed by atoms with Gasteiger partial charge in [-0.2, -0.15) is 5.26 Å². The number of aliphatic imine (C=N–C) groups is 1. The van der Waals surface area contributed by atoms with Crippen LogP contribution in [-0.2, 0) is 25.5 Å². The van der Waals surface area contributed by atoms with Crippen molar-refractivity contribution in [2.75, 3.05) is 44.2 Å². The summed E-state index contributed by atoms with van der Waals surface area (Å²) in [6.07, 6.45) is 1.53. The van der Waals surface area contributed by atoms with Gasteiger partial charge in [0, 0.05) is 19.9 Å². The number of anilines is 2. The first kappa shape index (κ1) is 26.1. The number of hydrogen-bond donors (Lipinski definition) is 2. The molecule has 0 fully saturated rings. The predicted octanol–water partition coefficient (Wildman–Crippen LogP) is 0.658. The molecule has 0 aliphatic carbocycles. The number of methoxy groups -OCH3 is 1. The molecule has 0 atom stereocenters. The van der Waals surface area contributed by atoms with Crippen LogP contribution < -0.4 is 25.4 Å². The van der Waals surface area contributed by atoms with Gasteiger partial charge < -0.3 is 24.8 Å². The zero-order valence-electron chi connectivity index (χ0n) is 20.1. The van der Waals surface area contributed by atoms with Gasteiger partial charge in [-0.1, -0.05) is 6.07 Å². The van der Waals surface area contributed by atoms with Crippen LogP contribution in [0.25, 0.3) is 11.8 Å². The average molecular weight is 501 g/mol. The van der Waals surface area contributed by atoms with E-state index in [2.05, 4.69) is 26.7 Å². The Balaban J connectivity index is 1.84. The molecule has 35 heavy (non-hydrogen) atoms. The van der Waals surface area contributed by atoms with Crippen molar-refractivity contribution < 1.29 is 19.0 Å². The number of carbonyl (C=O) groups is 1. The molecule has 0 unspecified atom stereocenters. The van der Waals surface area contributed by atoms with Crippen molar-refractivity contribution in [3.8, 4) is 6.07 Å². The lowest BCUT2D eigenvalue weighted by Crippen LogP contribution is -2.32. The maximum atomic E-state index is 13.0. The van der Waals surface area contributed by atoms with Crippen molar-refractivity contribution in [3.63, 3.8) is 0 Å². The largest absolute Gasteiger partial charge is 0.474 e. The first-order valence-electron chi connectivity index (χ1n) is 11.0. The fourth-order valence-corrected chi connectivity index (χ4v) is 4.18. The summed E-state index contributed by atoms with van der Waals surface area (Å²) in [6, 6.07) is 7.20. The maximum absolute atomic E-state index is 13.0. The fourth-order valence-electron chi connectivity index (χ4n) is 3.10. The van der Waals surface area contributed by atoms with Gasteiger partial charge in [0.2, 0.25) is 5.90 Å². The van der Waals surface area contributed by atoms with Crippen LogP contribution in [0.2, 0.25) is 0 Å². The van der Waals surface area contributed by atoms with Gasteiger partial charge in [0.05, 0.1) is 18.8 Å². The normalized spacial score (nSPS) is 15.7. The van der Waals surface area contributed by atoms with Gasteiger partial charge in [0.25, 0.3) is 11.5 Å². The van der Waals surface area contributed by atoms with Gasteiger partial charge >= 0.3 is 0 Å². The molecule has 0 saturated carbocycles. The van der Waals surface area contributed by atoms with Gasteiger partial charge in [-0.3, -0.25) is 14.2 Å². The Bertz CT molecular complexity index is 1320. The number of nitrogens with zero attached hydrogens (tertiary/aromatic N) is 4. The third-order valence-corrected chi connectivity index (χ3v) is 5.89. The van der Waals surface area contributed by atoms with Crippen molar-refractivity contribution in [1.82, 2.24) is 9.55 Å². The molecule has 0 bridgehead atoms. The number of nitriles is 1. The molecule has 0 aromatic carbocycles. The second-order valence-corrected chi connectivity index (χ2v) is 9.15. The van der Waals surface area contributed by atoms with Crippen LogP contribution in [0.5, 0.6) is 0 Å². The SMILES string of the molecule is CCn1c(=C(C#N)C2=NC(C)(C)CO2)sc(=CNc2cccc(NC(=O)COCCOC)n2)c1=O. The van der Waals surface area contributed by atoms with E-state index in [1.807, 2.05) is 20.8 Å². The van der Waals surface area contributed by atoms with Crippen molar-refractivity contribution in [2.24, 2.45) is 4.99 Å². The average Bonchev–Trinajstić information content (AvgIpc) is 3.34. The van der Waals surface area contributed by atoms with Gasteiger partial charge in [-0.05, 0) is 32.9 Å². The summed E-state index contributed by atoms with van der Waals surface area (Å²) in [5.41, 5.74) is -0.442. The first-order chi connectivity index (χ1) is 16.8. The Hall–Kier alpha value is -3.53. The highest BCUT2D eigenvalue weighted by Crippen LogP contribution is 2.20. The van der Waals surface area contributed by atoms with E-state index < -0.39 is 5.54 Å². The number of amides is 1. The summed E-state index contributed by atoms with van der Waals surface area (Å²) < 4.78 is 18.1. The van der Waals surface area contributed by atoms with E-state index in [0.29, 0.717) is 47.2 Å². The van der Waals surface area contributed by atoms with Gasteiger partial charge in [0.15, 0.2) is 0 Å². The van der Waals surface area contributed by atoms with E-state index in [1.165, 1.54) is 22.1 Å². The molecular weight excluding hydrogens is 472 g/mol. The molecule has 12 heteroatoms. The summed E-state index contributed by atoms with van der Waals surface area (Å²) in [6.45, 7) is 7.01. The molecule has 11 nitrogen and oxygen atoms in total. The van der Waals surface area contributed by atoms with Crippen molar-refractivity contribution in [1.29, 1.82) is 5.26 Å². The van der Waals surface area contributed by atoms with E-state index >= 15 is 0 Å². The summed E-state index contributed by atoms with van der Waals surface area (Å²) in [7, 11) is 1.55. The van der Waals surface area contributed by atoms with Crippen molar-refractivity contribution in [2.45, 2.75) is 32.9 Å². The minimum Gasteiger partial charge on any atom is -0.474 e. The predicted molar refractivity (Wildman–Crippen MR) is 134 cm³/mol. The number of rotatable bonds is 10. The quantitative estimate of drug-likeness (QED) is 0.454. The number of pyridine rings is 1. The van der Waals surface area contributed by atoms with Crippen LogP contribution in [-0.4, -0.2) is 60.4 Å². The molecule has 1 aliphatic rings. The van der Waals surface area contributed by atoms with E-state index in [4.69, 9.17) is 14.2 Å². The molecular formula is C23H28N6O5S. The number of hydrogen-bond acceptors (Lipinski definition) is 10. The van der Waals surface area contributed by atoms with E-state index in [9.17, 15) is 14.9 Å². The standard InChI is InChI=1S/C23H28N6O5S/c1-5-29-21(31)16(35-22(29)15(11-24)20-28-23(2,3)14-34-20)12-25-17-7-6-8-18(26-17)27-19(30)13-33-10-9-32-4/h6-8,12H,5,9-10,13-14H2,1-4H3,(H2,25,26,27,30). The monoisotopic (exact) mass is 500 g/mol. The van der Waals surface area contributed by atoms with E-state index in [-0.39, 0.29) is 29.5 Å². The van der Waals surface area contributed by atoms with E-state index in [1.54, 1.807) is 25.3 Å². The maximum Gasteiger partial charge on any atom is 0.270 e. The van der Waals surface area contributed by atoms with Crippen molar-refractivity contribution in [3.05, 3.63) is 37.7 Å². The number of aromatic nitrogens is 2. The molecule has 0 saturated heterocycles. The Kier molecular flexibility index (Phi) is 8.75. The topological polar surface area (TPSA) is 140 Å². The van der Waals surface area contributed by atoms with E-state index in [0.717, 1.165) is 0 Å². The highest BCUT2D eigenvalue weighted by molar-refractivity contribution is 7.07. The van der Waals surface area contributed by atoms with Crippen LogP contribution in [0.15, 0.2) is 28.0 Å². The minimum atomic E-state index is -0.426. The molecule has 3 rings (SSSR count). The second kappa shape index (κ2) is 11.7. The highest BCUT2D eigenvalue weighted by atomic mass is 32.1. The van der Waals surface area contributed by atoms with Gasteiger partial charge in [-0.25, -0.2) is 9.98 Å². The molecule has 1 aliphatic heterocycles. The van der Waals surface area contributed by atoms with Crippen LogP contribution in [0.4, 0.5) is 11.6 Å². The summed E-state index contributed by atoms with van der Waals surface area (Å²) in [4.78, 5) is 33.8. The van der Waals surface area contributed by atoms with Crippen LogP contribution in [0, 0.1) is 11.3 Å². The first-order valence-corrected chi connectivity index (χ1v) is 11.8. The third kappa shape index (κ3) is 6.75. The molecule has 3 heterocycles. The molecule has 186 valence electrons. The molecule has 1 amide bonds. The summed E-state index contributed by atoms with van der Waals surface area (Å²) >= 11 is 1.17. The van der Waals surface area contributed by atoms with Crippen LogP contribution in [0.1, 0.15) is 20.8 Å². The molecule has 0 radical (unpaired) electrons. The molecule has 2 N–H and O–H groups in total. The van der Waals surface area contributed by atoms with Crippen LogP contribution >= 0.6 is 11.3 Å². The lowest BCUT2D eigenvalue weighted by Gasteiger charge is -2.07. The Morgan fingerprint density at radius 3 is 2.80 bits per heavy atom. The fraction of sp³-hybridized carbons (Fsp3) is 0.435. The lowest BCUT2D eigenvalue weighted by atomic mass is 10.1. The Morgan fingerprint density at radius 1 is 1.37 bits per heavy atom. The third-order valence-electron chi connectivity index (χ3n) is 4.76.